The first-order chi connectivity index (χ1) is 19.2. The number of nitrogens with zero attached hydrogens (tertiary/aromatic N) is 2. The zero-order valence-corrected chi connectivity index (χ0v) is 25.1. The number of aliphatic carboxylic acids is 1. The minimum absolute atomic E-state index is 0.159. The van der Waals surface area contributed by atoms with Gasteiger partial charge in [-0.1, -0.05) is 42.3 Å². The summed E-state index contributed by atoms with van der Waals surface area (Å²) in [5.41, 5.74) is 1.68. The van der Waals surface area contributed by atoms with Gasteiger partial charge >= 0.3 is 11.9 Å². The summed E-state index contributed by atoms with van der Waals surface area (Å²) in [4.78, 5) is 43.3. The quantitative estimate of drug-likeness (QED) is 0.322. The normalized spacial score (nSPS) is 14.9. The first-order valence-electron chi connectivity index (χ1n) is 12.4. The van der Waals surface area contributed by atoms with Crippen LogP contribution in [0.25, 0.3) is 6.08 Å². The van der Waals surface area contributed by atoms with Crippen molar-refractivity contribution in [3.8, 4) is 11.5 Å². The average Bonchev–Trinajstić information content (AvgIpc) is 3.21. The minimum Gasteiger partial charge on any atom is -0.496 e. The maximum absolute atomic E-state index is 13.9. The van der Waals surface area contributed by atoms with Crippen molar-refractivity contribution in [3.63, 3.8) is 0 Å². The highest BCUT2D eigenvalue weighted by atomic mass is 79.9. The van der Waals surface area contributed by atoms with E-state index >= 15 is 0 Å². The maximum Gasteiger partial charge on any atom is 0.341 e. The second-order valence-electron chi connectivity index (χ2n) is 8.67. The lowest BCUT2D eigenvalue weighted by molar-refractivity contribution is -0.140. The number of aromatic nitrogens is 1. The van der Waals surface area contributed by atoms with Crippen LogP contribution < -0.4 is 24.4 Å². The highest BCUT2D eigenvalue weighted by molar-refractivity contribution is 9.10. The smallest absolute Gasteiger partial charge is 0.341 e. The van der Waals surface area contributed by atoms with Gasteiger partial charge in [0.2, 0.25) is 0 Å². The Morgan fingerprint density at radius 1 is 1.20 bits per heavy atom. The Bertz CT molecular complexity index is 1680. The molecular formula is C28H26BrClN2O7S. The molecule has 0 aliphatic carbocycles. The van der Waals surface area contributed by atoms with Gasteiger partial charge in [0.05, 0.1) is 34.0 Å². The third-order valence-corrected chi connectivity index (χ3v) is 7.82. The molecule has 0 bridgehead atoms. The Hall–Kier alpha value is -3.41. The average molecular weight is 650 g/mol. The standard InChI is InChI=1S/C28H26BrClN2O7S/c1-4-6-19-24(27(36)38-5-2)25(17-13-16(30)8-10-20(17)37-3)32-26(35)22(40-28(32)31-19)12-15-7-9-21(18(29)11-15)39-14-23(33)34/h7-13,25H,4-6,14H2,1-3H3,(H,33,34)/b22-12-/t25-/m1/s1. The lowest BCUT2D eigenvalue weighted by Crippen LogP contribution is -2.40. The number of rotatable bonds is 10. The van der Waals surface area contributed by atoms with Gasteiger partial charge < -0.3 is 19.3 Å². The molecule has 4 rings (SSSR count). The highest BCUT2D eigenvalue weighted by Gasteiger charge is 2.36. The second kappa shape index (κ2) is 12.8. The van der Waals surface area contributed by atoms with Crippen LogP contribution in [0.15, 0.2) is 61.9 Å². The van der Waals surface area contributed by atoms with Gasteiger partial charge in [0.15, 0.2) is 11.4 Å². The first-order valence-corrected chi connectivity index (χ1v) is 14.4. The van der Waals surface area contributed by atoms with Gasteiger partial charge in [-0.05, 0) is 71.2 Å². The van der Waals surface area contributed by atoms with Crippen molar-refractivity contribution in [2.45, 2.75) is 32.7 Å². The number of allylic oxidation sites excluding steroid dienone is 1. The van der Waals surface area contributed by atoms with Gasteiger partial charge in [0.1, 0.15) is 17.5 Å². The number of carboxylic acid groups (broad SMARTS) is 1. The third-order valence-electron chi connectivity index (χ3n) is 5.98. The van der Waals surface area contributed by atoms with Crippen molar-refractivity contribution in [2.24, 2.45) is 4.99 Å². The summed E-state index contributed by atoms with van der Waals surface area (Å²) in [5, 5.41) is 9.30. The molecule has 0 spiro atoms. The Kier molecular flexibility index (Phi) is 9.49. The molecule has 0 radical (unpaired) electrons. The molecule has 0 amide bonds. The molecule has 210 valence electrons. The van der Waals surface area contributed by atoms with Gasteiger partial charge in [-0.15, -0.1) is 0 Å². The molecule has 0 saturated heterocycles. The number of ether oxygens (including phenoxy) is 3. The minimum atomic E-state index is -1.09. The molecule has 40 heavy (non-hydrogen) atoms. The van der Waals surface area contributed by atoms with Gasteiger partial charge in [0.25, 0.3) is 5.56 Å². The summed E-state index contributed by atoms with van der Waals surface area (Å²) in [5.74, 6) is -0.828. The zero-order valence-electron chi connectivity index (χ0n) is 21.9. The van der Waals surface area contributed by atoms with E-state index in [4.69, 9.17) is 35.9 Å². The topological polar surface area (TPSA) is 116 Å². The Morgan fingerprint density at radius 3 is 2.60 bits per heavy atom. The maximum atomic E-state index is 13.9. The third kappa shape index (κ3) is 6.16. The molecule has 1 aliphatic rings. The summed E-state index contributed by atoms with van der Waals surface area (Å²) in [6.07, 6.45) is 2.93. The molecule has 9 nitrogen and oxygen atoms in total. The molecule has 1 aliphatic heterocycles. The van der Waals surface area contributed by atoms with Gasteiger partial charge in [-0.2, -0.15) is 0 Å². The van der Waals surface area contributed by atoms with E-state index in [9.17, 15) is 14.4 Å². The summed E-state index contributed by atoms with van der Waals surface area (Å²) in [6, 6.07) is 9.24. The molecule has 3 aromatic rings. The van der Waals surface area contributed by atoms with Gasteiger partial charge in [-0.25, -0.2) is 14.6 Å². The molecule has 0 fully saturated rings. The molecule has 1 aromatic heterocycles. The van der Waals surface area contributed by atoms with Crippen LogP contribution in [0.5, 0.6) is 11.5 Å². The molecule has 0 unspecified atom stereocenters. The van der Waals surface area contributed by atoms with Crippen LogP contribution in [0.2, 0.25) is 5.02 Å². The molecule has 2 heterocycles. The van der Waals surface area contributed by atoms with Crippen molar-refractivity contribution < 1.29 is 28.9 Å². The van der Waals surface area contributed by atoms with E-state index in [-0.39, 0.29) is 17.7 Å². The fourth-order valence-corrected chi connectivity index (χ4v) is 6.06. The Balaban J connectivity index is 1.94. The van der Waals surface area contributed by atoms with Crippen molar-refractivity contribution in [1.29, 1.82) is 0 Å². The van der Waals surface area contributed by atoms with Crippen molar-refractivity contribution in [3.05, 3.63) is 88.0 Å². The van der Waals surface area contributed by atoms with Crippen LogP contribution in [-0.2, 0) is 14.3 Å². The molecule has 12 heteroatoms. The van der Waals surface area contributed by atoms with E-state index in [2.05, 4.69) is 15.9 Å². The number of thiazole rings is 1. The van der Waals surface area contributed by atoms with Crippen molar-refractivity contribution in [1.82, 2.24) is 4.57 Å². The van der Waals surface area contributed by atoms with Crippen LogP contribution >= 0.6 is 38.9 Å². The Labute approximate surface area is 247 Å². The summed E-state index contributed by atoms with van der Waals surface area (Å²) >= 11 is 11.0. The van der Waals surface area contributed by atoms with Crippen molar-refractivity contribution in [2.75, 3.05) is 20.3 Å². The lowest BCUT2D eigenvalue weighted by Gasteiger charge is -2.27. The lowest BCUT2D eigenvalue weighted by atomic mass is 9.93. The number of carbonyl (C=O) groups excluding carboxylic acids is 1. The van der Waals surface area contributed by atoms with Gasteiger partial charge in [-0.3, -0.25) is 9.36 Å². The van der Waals surface area contributed by atoms with E-state index < -0.39 is 24.6 Å². The van der Waals surface area contributed by atoms with E-state index in [1.54, 1.807) is 49.4 Å². The number of hydrogen-bond donors (Lipinski definition) is 1. The van der Waals surface area contributed by atoms with Crippen LogP contribution in [0, 0.1) is 0 Å². The van der Waals surface area contributed by atoms with E-state index in [1.807, 2.05) is 6.92 Å². The molecule has 2 aromatic carbocycles. The number of fused-ring (bicyclic) bond motifs is 1. The van der Waals surface area contributed by atoms with E-state index in [0.29, 0.717) is 53.6 Å². The van der Waals surface area contributed by atoms with Crippen LogP contribution in [0.1, 0.15) is 43.9 Å². The van der Waals surface area contributed by atoms with Crippen LogP contribution in [0.4, 0.5) is 0 Å². The largest absolute Gasteiger partial charge is 0.496 e. The Morgan fingerprint density at radius 2 is 1.95 bits per heavy atom. The second-order valence-corrected chi connectivity index (χ2v) is 11.0. The highest BCUT2D eigenvalue weighted by Crippen LogP contribution is 2.38. The SMILES string of the molecule is CCCC1=C(C(=O)OCC)[C@@H](c2cc(Cl)ccc2OC)n2c(s/c(=C\c3ccc(OCC(=O)O)c(Br)c3)c2=O)=N1. The summed E-state index contributed by atoms with van der Waals surface area (Å²) < 4.78 is 18.7. The van der Waals surface area contributed by atoms with Crippen molar-refractivity contribution >= 4 is 56.9 Å². The van der Waals surface area contributed by atoms with E-state index in [1.165, 1.54) is 23.0 Å². The number of benzene rings is 2. The van der Waals surface area contributed by atoms with Gasteiger partial charge in [0, 0.05) is 10.6 Å². The summed E-state index contributed by atoms with van der Waals surface area (Å²) in [7, 11) is 1.51. The number of halogens is 2. The molecule has 1 N–H and O–H groups in total. The molecule has 0 saturated carbocycles. The number of carbonyl (C=O) groups is 2. The zero-order chi connectivity index (χ0) is 29.0. The number of carboxylic acids is 1. The molecule has 1 atom stereocenters. The van der Waals surface area contributed by atoms with Crippen LogP contribution in [-0.4, -0.2) is 41.9 Å². The monoisotopic (exact) mass is 648 g/mol. The predicted octanol–water partition coefficient (Wildman–Crippen LogP) is 4.47. The number of hydrogen-bond acceptors (Lipinski definition) is 8. The molecular weight excluding hydrogens is 624 g/mol. The fourth-order valence-electron chi connectivity index (χ4n) is 4.35. The number of esters is 1. The predicted molar refractivity (Wildman–Crippen MR) is 155 cm³/mol. The first kappa shape index (κ1) is 29.6. The van der Waals surface area contributed by atoms with E-state index in [0.717, 1.165) is 6.42 Å². The summed E-state index contributed by atoms with van der Waals surface area (Å²) in [6.45, 7) is 3.38. The van der Waals surface area contributed by atoms with Crippen LogP contribution in [0.3, 0.4) is 0 Å². The number of methoxy groups -OCH3 is 1. The fraction of sp³-hybridized carbons (Fsp3) is 0.286.